The van der Waals surface area contributed by atoms with Crippen LogP contribution in [0.1, 0.15) is 106 Å². The van der Waals surface area contributed by atoms with Crippen LogP contribution in [-0.2, 0) is 16.4 Å². The predicted octanol–water partition coefficient (Wildman–Crippen LogP) is 7.82. The zero-order valence-electron chi connectivity index (χ0n) is 21.1. The van der Waals surface area contributed by atoms with Crippen LogP contribution in [-0.4, -0.2) is 13.2 Å². The molecule has 1 aromatic rings. The summed E-state index contributed by atoms with van der Waals surface area (Å²) in [4.78, 5) is 0. The average molecular weight is 438 g/mol. The van der Waals surface area contributed by atoms with Crippen molar-refractivity contribution >= 4 is 15.7 Å². The third-order valence-corrected chi connectivity index (χ3v) is 10.6. The molecule has 0 amide bonds. The summed E-state index contributed by atoms with van der Waals surface area (Å²) in [6, 6.07) is 8.00. The van der Waals surface area contributed by atoms with E-state index in [-0.39, 0.29) is 5.41 Å². The molecule has 1 aromatic carbocycles. The predicted molar refractivity (Wildman–Crippen MR) is 133 cm³/mol. The Morgan fingerprint density at radius 2 is 1.33 bits per heavy atom. The van der Waals surface area contributed by atoms with Gasteiger partial charge in [-0.05, 0) is 73.0 Å². The maximum atomic E-state index is 13.6. The van der Waals surface area contributed by atoms with Gasteiger partial charge in [0.15, 0.2) is 0 Å². The van der Waals surface area contributed by atoms with Gasteiger partial charge in [-0.3, -0.25) is 4.72 Å². The molecule has 0 aromatic heterocycles. The summed E-state index contributed by atoms with van der Waals surface area (Å²) in [5.74, 6) is 0.602. The van der Waals surface area contributed by atoms with E-state index in [0.29, 0.717) is 29.9 Å². The maximum Gasteiger partial charge on any atom is 0.239 e. The molecule has 0 saturated heterocycles. The number of hydrogen-bond acceptors (Lipinski definition) is 2. The van der Waals surface area contributed by atoms with Crippen LogP contribution >= 0.6 is 0 Å². The summed E-state index contributed by atoms with van der Waals surface area (Å²) in [7, 11) is -3.53. The minimum absolute atomic E-state index is 0.260. The quantitative estimate of drug-likeness (QED) is 0.342. The lowest BCUT2D eigenvalue weighted by molar-refractivity contribution is 0.180. The molecular formula is C26H47NO2S. The fraction of sp³-hybridized carbons (Fsp3) is 0.769. The van der Waals surface area contributed by atoms with E-state index < -0.39 is 14.8 Å². The largest absolute Gasteiger partial charge is 0.283 e. The van der Waals surface area contributed by atoms with Crippen molar-refractivity contribution in [2.75, 3.05) is 4.72 Å². The van der Waals surface area contributed by atoms with Gasteiger partial charge >= 0.3 is 0 Å². The van der Waals surface area contributed by atoms with Gasteiger partial charge < -0.3 is 0 Å². The van der Waals surface area contributed by atoms with Gasteiger partial charge in [-0.1, -0.05) is 80.9 Å². The van der Waals surface area contributed by atoms with Crippen molar-refractivity contribution in [1.82, 2.24) is 0 Å². The molecule has 1 N–H and O–H groups in total. The molecule has 4 heteroatoms. The number of rotatable bonds is 13. The molecule has 0 saturated carbocycles. The highest BCUT2D eigenvalue weighted by atomic mass is 32.2. The summed E-state index contributed by atoms with van der Waals surface area (Å²) in [5.41, 5.74) is 2.04. The Kier molecular flexibility index (Phi) is 9.47. The van der Waals surface area contributed by atoms with E-state index in [4.69, 9.17) is 0 Å². The van der Waals surface area contributed by atoms with Gasteiger partial charge in [-0.25, -0.2) is 8.42 Å². The van der Waals surface area contributed by atoms with Crippen molar-refractivity contribution < 1.29 is 8.42 Å². The molecule has 1 unspecified atom stereocenters. The fourth-order valence-electron chi connectivity index (χ4n) is 5.23. The van der Waals surface area contributed by atoms with Crippen LogP contribution in [0.5, 0.6) is 0 Å². The second-order valence-electron chi connectivity index (χ2n) is 10.3. The van der Waals surface area contributed by atoms with Crippen LogP contribution in [0.15, 0.2) is 24.3 Å². The lowest BCUT2D eigenvalue weighted by Gasteiger charge is -2.46. The number of nitrogens with one attached hydrogen (secondary N) is 1. The van der Waals surface area contributed by atoms with Crippen LogP contribution in [0.2, 0.25) is 0 Å². The zero-order chi connectivity index (χ0) is 23.2. The SMILES string of the molecule is CCC(C)(C)CC(C)Cc1ccc(NS(=O)(=O)C(CC)(CC)C(C)(CC)CC)cc1. The lowest BCUT2D eigenvalue weighted by Crippen LogP contribution is -2.53. The molecule has 0 fully saturated rings. The topological polar surface area (TPSA) is 46.2 Å². The van der Waals surface area contributed by atoms with Crippen LogP contribution < -0.4 is 4.72 Å². The summed E-state index contributed by atoms with van der Waals surface area (Å²) >= 11 is 0. The van der Waals surface area contributed by atoms with E-state index >= 15 is 0 Å². The van der Waals surface area contributed by atoms with E-state index in [0.717, 1.165) is 19.3 Å². The van der Waals surface area contributed by atoms with E-state index in [1.165, 1.54) is 18.4 Å². The molecule has 30 heavy (non-hydrogen) atoms. The highest BCUT2D eigenvalue weighted by Crippen LogP contribution is 2.48. The molecule has 0 heterocycles. The molecule has 0 aliphatic heterocycles. The highest BCUT2D eigenvalue weighted by Gasteiger charge is 2.53. The van der Waals surface area contributed by atoms with E-state index in [2.05, 4.69) is 65.3 Å². The van der Waals surface area contributed by atoms with E-state index in [1.807, 2.05) is 26.0 Å². The molecule has 3 nitrogen and oxygen atoms in total. The van der Waals surface area contributed by atoms with Crippen molar-refractivity contribution in [2.45, 2.75) is 112 Å². The molecular weight excluding hydrogens is 390 g/mol. The van der Waals surface area contributed by atoms with Crippen LogP contribution in [0, 0.1) is 16.7 Å². The number of anilines is 1. The van der Waals surface area contributed by atoms with Crippen LogP contribution in [0.25, 0.3) is 0 Å². The van der Waals surface area contributed by atoms with E-state index in [9.17, 15) is 8.42 Å². The Labute approximate surface area is 187 Å². The van der Waals surface area contributed by atoms with Gasteiger partial charge in [0.25, 0.3) is 0 Å². The normalized spacial score (nSPS) is 14.6. The smallest absolute Gasteiger partial charge is 0.239 e. The Morgan fingerprint density at radius 1 is 0.833 bits per heavy atom. The van der Waals surface area contributed by atoms with Crippen molar-refractivity contribution in [2.24, 2.45) is 16.7 Å². The molecule has 0 spiro atoms. The first-order valence-corrected chi connectivity index (χ1v) is 13.5. The monoisotopic (exact) mass is 437 g/mol. The fourth-order valence-corrected chi connectivity index (χ4v) is 7.57. The van der Waals surface area contributed by atoms with Crippen molar-refractivity contribution in [3.05, 3.63) is 29.8 Å². The molecule has 0 radical (unpaired) electrons. The van der Waals surface area contributed by atoms with Gasteiger partial charge in [0.05, 0.1) is 4.75 Å². The molecule has 1 atom stereocenters. The molecule has 0 aliphatic carbocycles. The van der Waals surface area contributed by atoms with Gasteiger partial charge in [0, 0.05) is 5.69 Å². The van der Waals surface area contributed by atoms with E-state index in [1.54, 1.807) is 0 Å². The van der Waals surface area contributed by atoms with Crippen molar-refractivity contribution in [1.29, 1.82) is 0 Å². The van der Waals surface area contributed by atoms with Gasteiger partial charge in [-0.15, -0.1) is 0 Å². The summed E-state index contributed by atoms with van der Waals surface area (Å²) < 4.78 is 29.3. The second-order valence-corrected chi connectivity index (χ2v) is 12.3. The molecule has 0 aliphatic rings. The minimum atomic E-state index is -3.53. The van der Waals surface area contributed by atoms with Crippen LogP contribution in [0.3, 0.4) is 0 Å². The standard InChI is InChI=1S/C26H47NO2S/c1-10-24(7,8)20-21(6)19-22-15-17-23(18-16-22)27-30(28,29)26(13-4,14-5)25(9,11-2)12-3/h15-18,21,27H,10-14,19-20H2,1-9H3. The lowest BCUT2D eigenvalue weighted by atomic mass is 9.69. The summed E-state index contributed by atoms with van der Waals surface area (Å²) in [5, 5.41) is 0. The first kappa shape index (κ1) is 27.0. The maximum absolute atomic E-state index is 13.6. The average Bonchev–Trinajstić information content (AvgIpc) is 2.69. The third-order valence-electron chi connectivity index (χ3n) is 7.97. The Hall–Kier alpha value is -1.03. The zero-order valence-corrected chi connectivity index (χ0v) is 21.9. The Bertz CT molecular complexity index is 742. The number of hydrogen-bond donors (Lipinski definition) is 1. The first-order valence-electron chi connectivity index (χ1n) is 12.0. The van der Waals surface area contributed by atoms with Gasteiger partial charge in [0.1, 0.15) is 0 Å². The van der Waals surface area contributed by atoms with Gasteiger partial charge in [0.2, 0.25) is 10.0 Å². The van der Waals surface area contributed by atoms with Crippen LogP contribution in [0.4, 0.5) is 5.69 Å². The minimum Gasteiger partial charge on any atom is -0.283 e. The highest BCUT2D eigenvalue weighted by molar-refractivity contribution is 7.94. The Morgan fingerprint density at radius 3 is 1.73 bits per heavy atom. The number of benzene rings is 1. The summed E-state index contributed by atoms with van der Waals surface area (Å²) in [6.45, 7) is 19.6. The van der Waals surface area contributed by atoms with Gasteiger partial charge in [-0.2, -0.15) is 0 Å². The third kappa shape index (κ3) is 5.81. The summed E-state index contributed by atoms with van der Waals surface area (Å²) in [6.07, 6.45) is 6.31. The first-order chi connectivity index (χ1) is 13.9. The number of sulfonamides is 1. The Balaban J connectivity index is 3.04. The second kappa shape index (κ2) is 10.5. The van der Waals surface area contributed by atoms with Crippen molar-refractivity contribution in [3.63, 3.8) is 0 Å². The molecule has 174 valence electrons. The van der Waals surface area contributed by atoms with Crippen molar-refractivity contribution in [3.8, 4) is 0 Å². The molecule has 0 bridgehead atoms. The molecule has 1 rings (SSSR count).